The topological polar surface area (TPSA) is 75.4 Å². The zero-order chi connectivity index (χ0) is 13.1. The molecule has 17 heavy (non-hydrogen) atoms. The first kappa shape index (κ1) is 16.2. The van der Waals surface area contributed by atoms with Gasteiger partial charge in [-0.1, -0.05) is 24.3 Å². The third-order valence-corrected chi connectivity index (χ3v) is 2.25. The van der Waals surface area contributed by atoms with Crippen molar-refractivity contribution in [2.24, 2.45) is 5.14 Å². The second-order valence-corrected chi connectivity index (χ2v) is 4.19. The van der Waals surface area contributed by atoms with E-state index >= 15 is 0 Å². The highest BCUT2D eigenvalue weighted by Gasteiger charge is 1.94. The van der Waals surface area contributed by atoms with Crippen LogP contribution in [0.1, 0.15) is 24.0 Å². The zero-order valence-corrected chi connectivity index (χ0v) is 11.2. The van der Waals surface area contributed by atoms with Gasteiger partial charge >= 0.3 is 0 Å². The highest BCUT2D eigenvalue weighted by atomic mass is 32.2. The van der Waals surface area contributed by atoms with Crippen molar-refractivity contribution in [3.8, 4) is 0 Å². The molecular weight excluding hydrogens is 238 g/mol. The molecule has 0 aliphatic carbocycles. The minimum atomic E-state index is -2.36. The van der Waals surface area contributed by atoms with Crippen molar-refractivity contribution in [3.63, 3.8) is 0 Å². The predicted octanol–water partition coefficient (Wildman–Crippen LogP) is 1.84. The van der Waals surface area contributed by atoms with Gasteiger partial charge in [-0.25, -0.2) is 0 Å². The smallest absolute Gasteiger partial charge is 0.0466 e. The highest BCUT2D eigenvalue weighted by molar-refractivity contribution is 7.76. The van der Waals surface area contributed by atoms with Crippen molar-refractivity contribution >= 4 is 11.3 Å². The Hall–Kier alpha value is -0.750. The van der Waals surface area contributed by atoms with Crippen LogP contribution in [0.5, 0.6) is 0 Å². The van der Waals surface area contributed by atoms with Gasteiger partial charge in [-0.15, -0.1) is 0 Å². The second-order valence-electron chi connectivity index (χ2n) is 3.66. The van der Waals surface area contributed by atoms with Gasteiger partial charge in [0.05, 0.1) is 0 Å². The Labute approximate surface area is 106 Å². The number of rotatable bonds is 0. The third kappa shape index (κ3) is 11.5. The van der Waals surface area contributed by atoms with Crippen LogP contribution in [-0.2, 0) is 16.0 Å². The fourth-order valence-electron chi connectivity index (χ4n) is 1.17. The van der Waals surface area contributed by atoms with Crippen molar-refractivity contribution in [3.05, 3.63) is 35.4 Å². The van der Waals surface area contributed by atoms with Crippen LogP contribution < -0.4 is 5.14 Å². The Kier molecular flexibility index (Phi) is 9.95. The summed E-state index contributed by atoms with van der Waals surface area (Å²) >= 11 is -2.36. The predicted molar refractivity (Wildman–Crippen MR) is 69.1 cm³/mol. The molecule has 98 valence electrons. The molecule has 1 aromatic rings. The van der Waals surface area contributed by atoms with Gasteiger partial charge in [-0.3, -0.25) is 9.35 Å². The molecule has 0 bridgehead atoms. The van der Waals surface area contributed by atoms with Crippen molar-refractivity contribution in [2.75, 3.05) is 13.2 Å². The van der Waals surface area contributed by atoms with Crippen LogP contribution in [-0.4, -0.2) is 22.0 Å². The SMILES string of the molecule is C1CCOC1.Cc1ccccc1C.NS(=O)[O-]. The highest BCUT2D eigenvalue weighted by Crippen LogP contribution is 2.02. The molecule has 1 saturated heterocycles. The average molecular weight is 258 g/mol. The van der Waals surface area contributed by atoms with E-state index in [4.69, 9.17) is 13.5 Å². The lowest BCUT2D eigenvalue weighted by molar-refractivity contribution is 0.198. The van der Waals surface area contributed by atoms with Gasteiger partial charge in [0.15, 0.2) is 0 Å². The summed E-state index contributed by atoms with van der Waals surface area (Å²) in [5, 5.41) is 4.03. The Bertz CT molecular complexity index is 295. The van der Waals surface area contributed by atoms with E-state index in [1.54, 1.807) is 0 Å². The first-order valence-corrected chi connectivity index (χ1v) is 6.61. The lowest BCUT2D eigenvalue weighted by Gasteiger charge is -1.93. The Morgan fingerprint density at radius 3 is 1.71 bits per heavy atom. The van der Waals surface area contributed by atoms with Gasteiger partial charge in [0.25, 0.3) is 0 Å². The minimum Gasteiger partial charge on any atom is -0.760 e. The maximum atomic E-state index is 8.78. The summed E-state index contributed by atoms with van der Waals surface area (Å²) in [6.45, 7) is 6.24. The van der Waals surface area contributed by atoms with Crippen LogP contribution in [0.2, 0.25) is 0 Å². The maximum Gasteiger partial charge on any atom is 0.0466 e. The van der Waals surface area contributed by atoms with Gasteiger partial charge in [-0.05, 0) is 37.8 Å². The first-order valence-electron chi connectivity index (χ1n) is 5.47. The van der Waals surface area contributed by atoms with Crippen LogP contribution in [0.15, 0.2) is 24.3 Å². The molecule has 5 heteroatoms. The molecule has 0 radical (unpaired) electrons. The van der Waals surface area contributed by atoms with Gasteiger partial charge in [0.1, 0.15) is 0 Å². The van der Waals surface area contributed by atoms with Crippen LogP contribution in [0.3, 0.4) is 0 Å². The molecule has 0 aromatic heterocycles. The van der Waals surface area contributed by atoms with E-state index in [0.717, 1.165) is 13.2 Å². The number of ether oxygens (including phenoxy) is 1. The number of benzene rings is 1. The molecule has 1 aliphatic heterocycles. The van der Waals surface area contributed by atoms with Crippen LogP contribution in [0, 0.1) is 13.8 Å². The monoisotopic (exact) mass is 258 g/mol. The van der Waals surface area contributed by atoms with Crippen molar-refractivity contribution in [1.29, 1.82) is 0 Å². The van der Waals surface area contributed by atoms with Crippen LogP contribution in [0.25, 0.3) is 0 Å². The standard InChI is InChI=1S/C8H10.C4H8O.H3NO2S/c1-7-5-3-4-6-8(7)2;1-2-4-5-3-1;1-4(2)3/h3-6H,1-2H3;1-4H2;1H2,(H,2,3)/p-1. The summed E-state index contributed by atoms with van der Waals surface area (Å²) in [7, 11) is 0. The van der Waals surface area contributed by atoms with E-state index in [-0.39, 0.29) is 0 Å². The van der Waals surface area contributed by atoms with Gasteiger partial charge in [-0.2, -0.15) is 0 Å². The Morgan fingerprint density at radius 2 is 1.53 bits per heavy atom. The van der Waals surface area contributed by atoms with Gasteiger partial charge in [0, 0.05) is 24.5 Å². The Balaban J connectivity index is 0.000000246. The van der Waals surface area contributed by atoms with Gasteiger partial charge < -0.3 is 9.29 Å². The lowest BCUT2D eigenvalue weighted by Crippen LogP contribution is -1.97. The summed E-state index contributed by atoms with van der Waals surface area (Å²) < 4.78 is 22.5. The minimum absolute atomic E-state index is 1.00. The molecule has 0 spiro atoms. The summed E-state index contributed by atoms with van der Waals surface area (Å²) in [5.41, 5.74) is 2.74. The van der Waals surface area contributed by atoms with E-state index in [1.807, 2.05) is 0 Å². The van der Waals surface area contributed by atoms with Crippen LogP contribution >= 0.6 is 0 Å². The molecule has 1 aromatic carbocycles. The lowest BCUT2D eigenvalue weighted by atomic mass is 10.1. The Morgan fingerprint density at radius 1 is 1.18 bits per heavy atom. The second kappa shape index (κ2) is 10.4. The quantitative estimate of drug-likeness (QED) is 0.721. The van der Waals surface area contributed by atoms with Crippen molar-refractivity contribution < 1.29 is 13.5 Å². The number of nitrogens with two attached hydrogens (primary N) is 1. The molecule has 1 heterocycles. The largest absolute Gasteiger partial charge is 0.760 e. The summed E-state index contributed by atoms with van der Waals surface area (Å²) in [6.07, 6.45) is 2.56. The number of hydrogen-bond donors (Lipinski definition) is 1. The van der Waals surface area contributed by atoms with E-state index in [9.17, 15) is 0 Å². The average Bonchev–Trinajstić information content (AvgIpc) is 2.80. The van der Waals surface area contributed by atoms with E-state index in [1.165, 1.54) is 24.0 Å². The molecule has 1 fully saturated rings. The third-order valence-electron chi connectivity index (χ3n) is 2.25. The summed E-state index contributed by atoms with van der Waals surface area (Å²) in [5.74, 6) is 0. The molecule has 0 saturated carbocycles. The summed E-state index contributed by atoms with van der Waals surface area (Å²) in [4.78, 5) is 0. The zero-order valence-electron chi connectivity index (χ0n) is 10.3. The van der Waals surface area contributed by atoms with Crippen LogP contribution in [0.4, 0.5) is 0 Å². The fourth-order valence-corrected chi connectivity index (χ4v) is 1.17. The number of aryl methyl sites for hydroxylation is 2. The molecule has 1 unspecified atom stereocenters. The number of hydrogen-bond acceptors (Lipinski definition) is 3. The molecule has 1 atom stereocenters. The van der Waals surface area contributed by atoms with E-state index in [0.29, 0.717) is 0 Å². The van der Waals surface area contributed by atoms with Gasteiger partial charge in [0.2, 0.25) is 0 Å². The maximum absolute atomic E-state index is 8.78. The molecule has 4 nitrogen and oxygen atoms in total. The van der Waals surface area contributed by atoms with E-state index < -0.39 is 11.3 Å². The molecule has 1 aliphatic rings. The summed E-state index contributed by atoms with van der Waals surface area (Å²) in [6, 6.07) is 8.36. The molecule has 0 amide bonds. The molecular formula is C12H20NO3S-. The van der Waals surface area contributed by atoms with E-state index in [2.05, 4.69) is 43.3 Å². The van der Waals surface area contributed by atoms with Crippen molar-refractivity contribution in [2.45, 2.75) is 26.7 Å². The van der Waals surface area contributed by atoms with Crippen molar-refractivity contribution in [1.82, 2.24) is 0 Å². The fraction of sp³-hybridized carbons (Fsp3) is 0.500. The molecule has 2 N–H and O–H groups in total. The molecule has 2 rings (SSSR count). The normalized spacial score (nSPS) is 15.1. The first-order chi connectivity index (χ1) is 8.04.